The first-order valence-electron chi connectivity index (χ1n) is 6.37. The van der Waals surface area contributed by atoms with E-state index in [9.17, 15) is 9.18 Å². The van der Waals surface area contributed by atoms with Gasteiger partial charge in [0.1, 0.15) is 12.4 Å². The third-order valence-corrected chi connectivity index (χ3v) is 3.21. The fourth-order valence-corrected chi connectivity index (χ4v) is 2.14. The number of carbonyl (C=O) groups is 1. The van der Waals surface area contributed by atoms with Crippen molar-refractivity contribution in [3.63, 3.8) is 0 Å². The van der Waals surface area contributed by atoms with E-state index in [4.69, 9.17) is 5.11 Å². The Morgan fingerprint density at radius 3 is 2.30 bits per heavy atom. The van der Waals surface area contributed by atoms with Gasteiger partial charge in [0.15, 0.2) is 0 Å². The second-order valence-corrected chi connectivity index (χ2v) is 4.58. The molecule has 1 atom stereocenters. The number of para-hydroxylation sites is 1. The van der Waals surface area contributed by atoms with Gasteiger partial charge in [-0.05, 0) is 36.8 Å². The Balaban J connectivity index is 2.31. The van der Waals surface area contributed by atoms with Gasteiger partial charge in [0.2, 0.25) is 0 Å². The minimum absolute atomic E-state index is 0.109. The monoisotopic (exact) mass is 273 g/mol. The second kappa shape index (κ2) is 6.19. The van der Waals surface area contributed by atoms with Gasteiger partial charge in [-0.3, -0.25) is 4.79 Å². The average Bonchev–Trinajstić information content (AvgIpc) is 2.45. The van der Waals surface area contributed by atoms with Crippen LogP contribution < -0.4 is 4.90 Å². The van der Waals surface area contributed by atoms with Crippen LogP contribution in [0.15, 0.2) is 54.6 Å². The number of rotatable bonds is 5. The van der Waals surface area contributed by atoms with E-state index in [-0.39, 0.29) is 18.4 Å². The summed E-state index contributed by atoms with van der Waals surface area (Å²) in [5, 5.41) is 9.08. The van der Waals surface area contributed by atoms with Crippen LogP contribution in [0, 0.1) is 5.82 Å². The summed E-state index contributed by atoms with van der Waals surface area (Å²) in [5.41, 5.74) is 1.70. The molecule has 104 valence electrons. The summed E-state index contributed by atoms with van der Waals surface area (Å²) in [6, 6.07) is 15.3. The van der Waals surface area contributed by atoms with E-state index in [1.807, 2.05) is 37.3 Å². The molecular formula is C16H16FNO2. The summed E-state index contributed by atoms with van der Waals surface area (Å²) in [5.74, 6) is -1.20. The smallest absolute Gasteiger partial charge is 0.323 e. The molecule has 0 heterocycles. The van der Waals surface area contributed by atoms with Crippen molar-refractivity contribution in [1.82, 2.24) is 0 Å². The third kappa shape index (κ3) is 3.35. The molecule has 0 saturated heterocycles. The molecule has 0 aliphatic carbocycles. The highest BCUT2D eigenvalue weighted by Crippen LogP contribution is 2.26. The van der Waals surface area contributed by atoms with E-state index in [0.717, 1.165) is 11.3 Å². The minimum atomic E-state index is -0.900. The molecule has 2 aromatic rings. The number of nitrogens with zero attached hydrogens (tertiary/aromatic N) is 1. The molecule has 0 aliphatic rings. The van der Waals surface area contributed by atoms with Gasteiger partial charge in [-0.2, -0.15) is 0 Å². The molecule has 0 aromatic heterocycles. The quantitative estimate of drug-likeness (QED) is 0.906. The van der Waals surface area contributed by atoms with Gasteiger partial charge in [0.25, 0.3) is 0 Å². The molecular weight excluding hydrogens is 257 g/mol. The van der Waals surface area contributed by atoms with E-state index in [1.165, 1.54) is 12.1 Å². The first-order chi connectivity index (χ1) is 9.58. The Bertz CT molecular complexity index is 569. The molecule has 0 aliphatic heterocycles. The number of benzene rings is 2. The number of carboxylic acids is 1. The first-order valence-corrected chi connectivity index (χ1v) is 6.37. The van der Waals surface area contributed by atoms with Crippen molar-refractivity contribution in [3.8, 4) is 0 Å². The lowest BCUT2D eigenvalue weighted by atomic mass is 10.1. The normalized spacial score (nSPS) is 11.9. The number of anilines is 1. The molecule has 0 bridgehead atoms. The number of carboxylic acid groups (broad SMARTS) is 1. The lowest BCUT2D eigenvalue weighted by Gasteiger charge is -2.30. The molecule has 3 nitrogen and oxygen atoms in total. The van der Waals surface area contributed by atoms with Gasteiger partial charge in [0, 0.05) is 5.69 Å². The SMILES string of the molecule is CC(c1ccc(F)cc1)N(CC(=O)O)c1ccccc1. The minimum Gasteiger partial charge on any atom is -0.480 e. The molecule has 0 amide bonds. The molecule has 2 rings (SSSR count). The summed E-state index contributed by atoms with van der Waals surface area (Å²) in [4.78, 5) is 12.8. The average molecular weight is 273 g/mol. The van der Waals surface area contributed by atoms with Gasteiger partial charge < -0.3 is 10.0 Å². The van der Waals surface area contributed by atoms with Crippen molar-refractivity contribution in [1.29, 1.82) is 0 Å². The van der Waals surface area contributed by atoms with Gasteiger partial charge >= 0.3 is 5.97 Å². The highest BCUT2D eigenvalue weighted by molar-refractivity contribution is 5.74. The summed E-state index contributed by atoms with van der Waals surface area (Å²) in [6.07, 6.45) is 0. The Morgan fingerprint density at radius 2 is 1.75 bits per heavy atom. The fourth-order valence-electron chi connectivity index (χ4n) is 2.14. The van der Waals surface area contributed by atoms with Crippen LogP contribution in [0.2, 0.25) is 0 Å². The van der Waals surface area contributed by atoms with Gasteiger partial charge in [-0.1, -0.05) is 30.3 Å². The predicted octanol–water partition coefficient (Wildman–Crippen LogP) is 3.48. The van der Waals surface area contributed by atoms with Crippen LogP contribution in [-0.2, 0) is 4.79 Å². The maximum atomic E-state index is 13.0. The van der Waals surface area contributed by atoms with Crippen molar-refractivity contribution < 1.29 is 14.3 Å². The van der Waals surface area contributed by atoms with Crippen LogP contribution in [-0.4, -0.2) is 17.6 Å². The predicted molar refractivity (Wildman–Crippen MR) is 76.2 cm³/mol. The van der Waals surface area contributed by atoms with Crippen LogP contribution in [0.4, 0.5) is 10.1 Å². The van der Waals surface area contributed by atoms with E-state index >= 15 is 0 Å². The lowest BCUT2D eigenvalue weighted by molar-refractivity contribution is -0.135. The Kier molecular flexibility index (Phi) is 4.35. The standard InChI is InChI=1S/C16H16FNO2/c1-12(13-7-9-14(17)10-8-13)18(11-16(19)20)15-5-3-2-4-6-15/h2-10,12H,11H2,1H3,(H,19,20). The first kappa shape index (κ1) is 14.1. The lowest BCUT2D eigenvalue weighted by Crippen LogP contribution is -2.32. The molecule has 20 heavy (non-hydrogen) atoms. The molecule has 2 aromatic carbocycles. The van der Waals surface area contributed by atoms with E-state index in [1.54, 1.807) is 17.0 Å². The topological polar surface area (TPSA) is 40.5 Å². The Hall–Kier alpha value is -2.36. The van der Waals surface area contributed by atoms with E-state index in [2.05, 4.69) is 0 Å². The number of aliphatic carboxylic acids is 1. The zero-order valence-electron chi connectivity index (χ0n) is 11.2. The molecule has 0 radical (unpaired) electrons. The Morgan fingerprint density at radius 1 is 1.15 bits per heavy atom. The van der Waals surface area contributed by atoms with Gasteiger partial charge in [-0.15, -0.1) is 0 Å². The molecule has 1 unspecified atom stereocenters. The van der Waals surface area contributed by atoms with Gasteiger partial charge in [0.05, 0.1) is 6.04 Å². The molecule has 1 N–H and O–H groups in total. The summed E-state index contributed by atoms with van der Waals surface area (Å²) in [7, 11) is 0. The zero-order chi connectivity index (χ0) is 14.5. The van der Waals surface area contributed by atoms with Crippen molar-refractivity contribution in [2.24, 2.45) is 0 Å². The molecule has 4 heteroatoms. The third-order valence-electron chi connectivity index (χ3n) is 3.21. The van der Waals surface area contributed by atoms with Crippen LogP contribution >= 0.6 is 0 Å². The van der Waals surface area contributed by atoms with Crippen molar-refractivity contribution in [2.45, 2.75) is 13.0 Å². The van der Waals surface area contributed by atoms with Crippen LogP contribution in [0.25, 0.3) is 0 Å². The van der Waals surface area contributed by atoms with Crippen molar-refractivity contribution >= 4 is 11.7 Å². The molecule has 0 fully saturated rings. The fraction of sp³-hybridized carbons (Fsp3) is 0.188. The number of halogens is 1. The maximum absolute atomic E-state index is 13.0. The van der Waals surface area contributed by atoms with Crippen molar-refractivity contribution in [2.75, 3.05) is 11.4 Å². The van der Waals surface area contributed by atoms with Gasteiger partial charge in [-0.25, -0.2) is 4.39 Å². The largest absolute Gasteiger partial charge is 0.480 e. The number of hydrogen-bond donors (Lipinski definition) is 1. The van der Waals surface area contributed by atoms with E-state index < -0.39 is 5.97 Å². The molecule has 0 spiro atoms. The Labute approximate surface area is 117 Å². The number of hydrogen-bond acceptors (Lipinski definition) is 2. The van der Waals surface area contributed by atoms with Crippen LogP contribution in [0.1, 0.15) is 18.5 Å². The highest BCUT2D eigenvalue weighted by Gasteiger charge is 2.18. The molecule has 0 saturated carbocycles. The van der Waals surface area contributed by atoms with E-state index in [0.29, 0.717) is 0 Å². The van der Waals surface area contributed by atoms with Crippen LogP contribution in [0.5, 0.6) is 0 Å². The van der Waals surface area contributed by atoms with Crippen LogP contribution in [0.3, 0.4) is 0 Å². The summed E-state index contributed by atoms with van der Waals surface area (Å²) in [6.45, 7) is 1.80. The summed E-state index contributed by atoms with van der Waals surface area (Å²) < 4.78 is 13.0. The second-order valence-electron chi connectivity index (χ2n) is 4.58. The van der Waals surface area contributed by atoms with Crippen molar-refractivity contribution in [3.05, 3.63) is 66.0 Å². The maximum Gasteiger partial charge on any atom is 0.323 e. The summed E-state index contributed by atoms with van der Waals surface area (Å²) >= 11 is 0. The zero-order valence-corrected chi connectivity index (χ0v) is 11.2. The highest BCUT2D eigenvalue weighted by atomic mass is 19.1.